The van der Waals surface area contributed by atoms with Crippen LogP contribution < -0.4 is 0 Å². The van der Waals surface area contributed by atoms with Gasteiger partial charge in [0, 0.05) is 4.57 Å². The molecule has 0 amide bonds. The van der Waals surface area contributed by atoms with Crippen LogP contribution in [0.25, 0.3) is 0 Å². The highest BCUT2D eigenvalue weighted by molar-refractivity contribution is 7.81. The number of esters is 1. The minimum absolute atomic E-state index is 0.0815. The lowest BCUT2D eigenvalue weighted by Gasteiger charge is -2.06. The third kappa shape index (κ3) is 8.14. The number of aliphatic hydroxyl groups is 1. The molecule has 0 aliphatic heterocycles. The van der Waals surface area contributed by atoms with Crippen LogP contribution in [0.1, 0.15) is 0 Å². The molecular formula is C5H10O6PS+. The van der Waals surface area contributed by atoms with Crippen molar-refractivity contribution in [2.75, 3.05) is 19.0 Å². The van der Waals surface area contributed by atoms with E-state index in [1.807, 2.05) is 0 Å². The number of ether oxygens (including phenoxy) is 1. The lowest BCUT2D eigenvalue weighted by atomic mass is 10.4. The van der Waals surface area contributed by atoms with Crippen LogP contribution in [0.4, 0.5) is 0 Å². The first-order valence-electron chi connectivity index (χ1n) is 3.30. The number of carbonyl (C=O) groups is 1. The Morgan fingerprint density at radius 1 is 1.54 bits per heavy atom. The lowest BCUT2D eigenvalue weighted by molar-refractivity contribution is -0.143. The first-order valence-corrected chi connectivity index (χ1v) is 5.06. The van der Waals surface area contributed by atoms with Crippen molar-refractivity contribution in [3.05, 3.63) is 0 Å². The van der Waals surface area contributed by atoms with E-state index >= 15 is 0 Å². The van der Waals surface area contributed by atoms with E-state index in [9.17, 15) is 9.36 Å². The fraction of sp³-hybridized carbons (Fsp3) is 0.800. The third-order valence-corrected chi connectivity index (χ3v) is 1.57. The maximum absolute atomic E-state index is 10.5. The van der Waals surface area contributed by atoms with Crippen LogP contribution in [0.2, 0.25) is 0 Å². The van der Waals surface area contributed by atoms with Crippen LogP contribution >= 0.6 is 20.9 Å². The van der Waals surface area contributed by atoms with E-state index in [1.54, 1.807) is 0 Å². The third-order valence-electron chi connectivity index (χ3n) is 0.943. The molecule has 0 saturated heterocycles. The number of carbonyl (C=O) groups excluding carboxylic acids is 1. The highest BCUT2D eigenvalue weighted by atomic mass is 32.1. The fourth-order valence-electron chi connectivity index (χ4n) is 0.433. The van der Waals surface area contributed by atoms with Gasteiger partial charge in [-0.3, -0.25) is 4.79 Å². The summed E-state index contributed by atoms with van der Waals surface area (Å²) in [7, 11) is -2.73. The molecule has 2 atom stereocenters. The van der Waals surface area contributed by atoms with Gasteiger partial charge in [-0.05, 0) is 0 Å². The SMILES string of the molecule is O=C(CS)OC[C@@H](O)CO[P+](=O)O. The summed E-state index contributed by atoms with van der Waals surface area (Å²) in [5, 5.41) is 8.98. The molecule has 8 heteroatoms. The second-order valence-electron chi connectivity index (χ2n) is 2.03. The van der Waals surface area contributed by atoms with Gasteiger partial charge in [-0.1, -0.05) is 0 Å². The Labute approximate surface area is 81.2 Å². The van der Waals surface area contributed by atoms with Gasteiger partial charge in [0.25, 0.3) is 0 Å². The molecule has 1 unspecified atom stereocenters. The Morgan fingerprint density at radius 3 is 2.62 bits per heavy atom. The zero-order valence-electron chi connectivity index (χ0n) is 6.62. The van der Waals surface area contributed by atoms with E-state index in [-0.39, 0.29) is 19.0 Å². The molecule has 0 spiro atoms. The summed E-state index contributed by atoms with van der Waals surface area (Å²) < 4.78 is 18.6. The zero-order chi connectivity index (χ0) is 10.3. The first kappa shape index (κ1) is 12.8. The monoisotopic (exact) mass is 229 g/mol. The number of aliphatic hydroxyl groups excluding tert-OH is 1. The summed E-state index contributed by atoms with van der Waals surface area (Å²) in [5.41, 5.74) is 0. The van der Waals surface area contributed by atoms with Crippen molar-refractivity contribution in [3.63, 3.8) is 0 Å². The Bertz CT molecular complexity index is 186. The number of thiol groups is 1. The molecule has 0 aromatic rings. The van der Waals surface area contributed by atoms with E-state index in [2.05, 4.69) is 21.9 Å². The maximum atomic E-state index is 10.5. The fourth-order valence-corrected chi connectivity index (χ4v) is 0.824. The summed E-state index contributed by atoms with van der Waals surface area (Å²) in [4.78, 5) is 18.7. The molecular weight excluding hydrogens is 219 g/mol. The van der Waals surface area contributed by atoms with Crippen LogP contribution in [-0.2, 0) is 18.6 Å². The molecule has 0 aromatic carbocycles. The standard InChI is InChI=1S/C5H9O6PS/c6-4(2-11-12(8)9)1-10-5(7)3-13/h4,6H,1-3H2,(H-,8,9,13)/p+1/t4-/m1/s1. The van der Waals surface area contributed by atoms with E-state index in [0.717, 1.165) is 0 Å². The summed E-state index contributed by atoms with van der Waals surface area (Å²) >= 11 is 3.63. The van der Waals surface area contributed by atoms with Crippen molar-refractivity contribution in [1.82, 2.24) is 0 Å². The van der Waals surface area contributed by atoms with Gasteiger partial charge in [-0.15, -0.1) is 9.42 Å². The highest BCUT2D eigenvalue weighted by Crippen LogP contribution is 2.14. The van der Waals surface area contributed by atoms with Crippen molar-refractivity contribution in [2.24, 2.45) is 0 Å². The molecule has 0 aliphatic carbocycles. The molecule has 0 bridgehead atoms. The molecule has 0 radical (unpaired) electrons. The van der Waals surface area contributed by atoms with E-state index in [4.69, 9.17) is 10.00 Å². The summed E-state index contributed by atoms with van der Waals surface area (Å²) in [6, 6.07) is 0. The van der Waals surface area contributed by atoms with Gasteiger partial charge < -0.3 is 9.84 Å². The average Bonchev–Trinajstić information content (AvgIpc) is 2.10. The molecule has 0 rings (SSSR count). The first-order chi connectivity index (χ1) is 6.06. The van der Waals surface area contributed by atoms with Crippen LogP contribution in [0.15, 0.2) is 0 Å². The molecule has 76 valence electrons. The van der Waals surface area contributed by atoms with E-state index in [0.29, 0.717) is 0 Å². The van der Waals surface area contributed by atoms with Gasteiger partial charge in [-0.25, -0.2) is 0 Å². The molecule has 2 N–H and O–H groups in total. The molecule has 0 aliphatic rings. The molecule has 6 nitrogen and oxygen atoms in total. The topological polar surface area (TPSA) is 93.1 Å². The van der Waals surface area contributed by atoms with Crippen molar-refractivity contribution >= 4 is 26.9 Å². The Kier molecular flexibility index (Phi) is 7.12. The number of rotatable bonds is 6. The smallest absolute Gasteiger partial charge is 0.462 e. The molecule has 0 saturated carbocycles. The Hall–Kier alpha value is -0.200. The number of hydrogen-bond acceptors (Lipinski definition) is 6. The second-order valence-corrected chi connectivity index (χ2v) is 3.08. The minimum atomic E-state index is -2.73. The molecule has 13 heavy (non-hydrogen) atoms. The van der Waals surface area contributed by atoms with Crippen LogP contribution in [0.3, 0.4) is 0 Å². The van der Waals surface area contributed by atoms with Gasteiger partial charge >= 0.3 is 14.2 Å². The largest absolute Gasteiger partial charge is 0.694 e. The minimum Gasteiger partial charge on any atom is -0.462 e. The predicted octanol–water partition coefficient (Wildman–Crippen LogP) is -0.513. The Morgan fingerprint density at radius 2 is 2.15 bits per heavy atom. The maximum Gasteiger partial charge on any atom is 0.694 e. The molecule has 0 aromatic heterocycles. The molecule has 0 fully saturated rings. The molecule has 0 heterocycles. The van der Waals surface area contributed by atoms with Gasteiger partial charge in [-0.2, -0.15) is 12.6 Å². The van der Waals surface area contributed by atoms with Crippen molar-refractivity contribution in [3.8, 4) is 0 Å². The summed E-state index contributed by atoms with van der Waals surface area (Å²) in [6.45, 7) is -0.631. The van der Waals surface area contributed by atoms with Gasteiger partial charge in [0.05, 0.1) is 5.75 Å². The van der Waals surface area contributed by atoms with Gasteiger partial charge in [0.2, 0.25) is 0 Å². The summed E-state index contributed by atoms with van der Waals surface area (Å²) in [6.07, 6.45) is -1.10. The van der Waals surface area contributed by atoms with Crippen molar-refractivity contribution < 1.29 is 28.6 Å². The van der Waals surface area contributed by atoms with E-state index in [1.165, 1.54) is 0 Å². The average molecular weight is 229 g/mol. The second kappa shape index (κ2) is 7.23. The van der Waals surface area contributed by atoms with Crippen molar-refractivity contribution in [2.45, 2.75) is 6.10 Å². The van der Waals surface area contributed by atoms with Crippen LogP contribution in [0, 0.1) is 0 Å². The lowest BCUT2D eigenvalue weighted by Crippen LogP contribution is -2.23. The van der Waals surface area contributed by atoms with Crippen LogP contribution in [0.5, 0.6) is 0 Å². The van der Waals surface area contributed by atoms with Crippen LogP contribution in [-0.4, -0.2) is 41.0 Å². The normalized spacial score (nSPS) is 13.6. The van der Waals surface area contributed by atoms with Crippen molar-refractivity contribution in [1.29, 1.82) is 0 Å². The zero-order valence-corrected chi connectivity index (χ0v) is 8.41. The number of hydrogen-bond donors (Lipinski definition) is 3. The highest BCUT2D eigenvalue weighted by Gasteiger charge is 2.17. The van der Waals surface area contributed by atoms with Gasteiger partial charge in [0.1, 0.15) is 19.3 Å². The Balaban J connectivity index is 3.45. The van der Waals surface area contributed by atoms with Gasteiger partial charge in [0.15, 0.2) is 0 Å². The predicted molar refractivity (Wildman–Crippen MR) is 46.6 cm³/mol. The summed E-state index contributed by atoms with van der Waals surface area (Å²) in [5.74, 6) is -0.655. The quantitative estimate of drug-likeness (QED) is 0.322. The van der Waals surface area contributed by atoms with E-state index < -0.39 is 20.3 Å².